The third-order valence-corrected chi connectivity index (χ3v) is 3.96. The van der Waals surface area contributed by atoms with E-state index in [1.807, 2.05) is 19.2 Å². The molecule has 0 amide bonds. The molecule has 1 aromatic carbocycles. The van der Waals surface area contributed by atoms with E-state index in [0.29, 0.717) is 4.90 Å². The first-order valence-electron chi connectivity index (χ1n) is 6.01. The largest absolute Gasteiger partial charge is 0.335 e. The van der Waals surface area contributed by atoms with Crippen LogP contribution >= 0.6 is 11.8 Å². The fourth-order valence-electron chi connectivity index (χ4n) is 1.79. The molecule has 19 heavy (non-hydrogen) atoms. The SMILES string of the molecule is Cc1nccn1CCCSc1cccc(F)c1C#N. The Morgan fingerprint density at radius 1 is 1.47 bits per heavy atom. The summed E-state index contributed by atoms with van der Waals surface area (Å²) < 4.78 is 15.5. The van der Waals surface area contributed by atoms with Gasteiger partial charge in [0.1, 0.15) is 23.3 Å². The van der Waals surface area contributed by atoms with Gasteiger partial charge in [-0.3, -0.25) is 0 Å². The molecule has 2 aromatic rings. The van der Waals surface area contributed by atoms with Crippen molar-refractivity contribution < 1.29 is 4.39 Å². The van der Waals surface area contributed by atoms with Crippen molar-refractivity contribution in [1.29, 1.82) is 5.26 Å². The second-order valence-corrected chi connectivity index (χ2v) is 5.23. The van der Waals surface area contributed by atoms with Gasteiger partial charge in [0.05, 0.1) is 0 Å². The van der Waals surface area contributed by atoms with Crippen molar-refractivity contribution in [2.45, 2.75) is 24.8 Å². The molecule has 0 saturated carbocycles. The molecule has 1 aromatic heterocycles. The van der Waals surface area contributed by atoms with Crippen LogP contribution in [0.4, 0.5) is 4.39 Å². The Morgan fingerprint density at radius 3 is 3.00 bits per heavy atom. The van der Waals surface area contributed by atoms with E-state index in [1.54, 1.807) is 18.3 Å². The van der Waals surface area contributed by atoms with Gasteiger partial charge in [-0.1, -0.05) is 6.07 Å². The number of aromatic nitrogens is 2. The molecule has 0 radical (unpaired) electrons. The van der Waals surface area contributed by atoms with Crippen LogP contribution < -0.4 is 0 Å². The first-order valence-corrected chi connectivity index (χ1v) is 7.00. The molecule has 1 heterocycles. The number of nitrogens with zero attached hydrogens (tertiary/aromatic N) is 3. The fraction of sp³-hybridized carbons (Fsp3) is 0.286. The van der Waals surface area contributed by atoms with E-state index < -0.39 is 5.82 Å². The molecule has 2 rings (SSSR count). The van der Waals surface area contributed by atoms with Crippen LogP contribution in [-0.4, -0.2) is 15.3 Å². The van der Waals surface area contributed by atoms with Gasteiger partial charge in [-0.2, -0.15) is 5.26 Å². The number of hydrogen-bond donors (Lipinski definition) is 0. The highest BCUT2D eigenvalue weighted by Gasteiger charge is 2.07. The summed E-state index contributed by atoms with van der Waals surface area (Å²) in [6, 6.07) is 6.66. The highest BCUT2D eigenvalue weighted by molar-refractivity contribution is 7.99. The van der Waals surface area contributed by atoms with E-state index in [9.17, 15) is 4.39 Å². The summed E-state index contributed by atoms with van der Waals surface area (Å²) in [4.78, 5) is 4.87. The third-order valence-electron chi connectivity index (χ3n) is 2.81. The number of imidazole rings is 1. The molecule has 0 aliphatic carbocycles. The van der Waals surface area contributed by atoms with Crippen molar-refractivity contribution in [3.05, 3.63) is 47.8 Å². The number of thioether (sulfide) groups is 1. The van der Waals surface area contributed by atoms with Crippen molar-refractivity contribution in [3.8, 4) is 6.07 Å². The van der Waals surface area contributed by atoms with E-state index in [-0.39, 0.29) is 5.56 Å². The van der Waals surface area contributed by atoms with Gasteiger partial charge in [-0.25, -0.2) is 9.37 Å². The van der Waals surface area contributed by atoms with E-state index in [4.69, 9.17) is 5.26 Å². The van der Waals surface area contributed by atoms with Crippen LogP contribution in [0.2, 0.25) is 0 Å². The first-order chi connectivity index (χ1) is 9.22. The number of aryl methyl sites for hydroxylation is 2. The Kier molecular flexibility index (Phi) is 4.58. The Balaban J connectivity index is 1.88. The van der Waals surface area contributed by atoms with E-state index in [1.165, 1.54) is 17.8 Å². The molecule has 0 atom stereocenters. The maximum absolute atomic E-state index is 13.4. The van der Waals surface area contributed by atoms with Gasteiger partial charge in [0.2, 0.25) is 0 Å². The second kappa shape index (κ2) is 6.39. The quantitative estimate of drug-likeness (QED) is 0.620. The van der Waals surface area contributed by atoms with Crippen LogP contribution in [0.25, 0.3) is 0 Å². The minimum absolute atomic E-state index is 0.145. The van der Waals surface area contributed by atoms with Crippen LogP contribution in [0.3, 0.4) is 0 Å². The molecule has 0 saturated heterocycles. The highest BCUT2D eigenvalue weighted by atomic mass is 32.2. The fourth-order valence-corrected chi connectivity index (χ4v) is 2.75. The molecule has 0 aliphatic heterocycles. The van der Waals surface area contributed by atoms with Gasteiger partial charge >= 0.3 is 0 Å². The van der Waals surface area contributed by atoms with Gasteiger partial charge in [0, 0.05) is 23.8 Å². The molecule has 0 spiro atoms. The summed E-state index contributed by atoms with van der Waals surface area (Å²) >= 11 is 1.52. The zero-order valence-electron chi connectivity index (χ0n) is 10.6. The standard InChI is InChI=1S/C14H14FN3S/c1-11-17-6-8-18(11)7-3-9-19-14-5-2-4-13(15)12(14)10-16/h2,4-6,8H,3,7,9H2,1H3. The van der Waals surface area contributed by atoms with Crippen LogP contribution in [0, 0.1) is 24.1 Å². The van der Waals surface area contributed by atoms with Gasteiger partial charge in [-0.05, 0) is 31.2 Å². The lowest BCUT2D eigenvalue weighted by Gasteiger charge is -2.06. The van der Waals surface area contributed by atoms with Gasteiger partial charge in [0.25, 0.3) is 0 Å². The molecule has 0 bridgehead atoms. The van der Waals surface area contributed by atoms with Gasteiger partial charge < -0.3 is 4.57 Å². The van der Waals surface area contributed by atoms with Gasteiger partial charge in [0.15, 0.2) is 0 Å². The summed E-state index contributed by atoms with van der Waals surface area (Å²) in [7, 11) is 0. The summed E-state index contributed by atoms with van der Waals surface area (Å²) in [6.07, 6.45) is 4.68. The van der Waals surface area contributed by atoms with Crippen molar-refractivity contribution in [3.63, 3.8) is 0 Å². The molecule has 0 aliphatic rings. The molecule has 0 fully saturated rings. The zero-order valence-corrected chi connectivity index (χ0v) is 11.5. The van der Waals surface area contributed by atoms with Crippen LogP contribution in [0.5, 0.6) is 0 Å². The lowest BCUT2D eigenvalue weighted by molar-refractivity contribution is 0.619. The number of hydrogen-bond acceptors (Lipinski definition) is 3. The number of nitriles is 1. The van der Waals surface area contributed by atoms with Crippen molar-refractivity contribution in [1.82, 2.24) is 9.55 Å². The van der Waals surface area contributed by atoms with Crippen molar-refractivity contribution in [2.75, 3.05) is 5.75 Å². The maximum atomic E-state index is 13.4. The summed E-state index contributed by atoms with van der Waals surface area (Å²) in [6.45, 7) is 2.85. The molecule has 98 valence electrons. The summed E-state index contributed by atoms with van der Waals surface area (Å²) in [5.74, 6) is 1.39. The first kappa shape index (κ1) is 13.6. The number of benzene rings is 1. The van der Waals surface area contributed by atoms with Crippen LogP contribution in [0.15, 0.2) is 35.5 Å². The Morgan fingerprint density at radius 2 is 2.32 bits per heavy atom. The average Bonchev–Trinajstić information content (AvgIpc) is 2.80. The minimum Gasteiger partial charge on any atom is -0.335 e. The third kappa shape index (κ3) is 3.36. The normalized spacial score (nSPS) is 10.4. The number of rotatable bonds is 5. The predicted molar refractivity (Wildman–Crippen MR) is 73.4 cm³/mol. The maximum Gasteiger partial charge on any atom is 0.142 e. The molecule has 5 heteroatoms. The van der Waals surface area contributed by atoms with E-state index in [0.717, 1.165) is 24.5 Å². The highest BCUT2D eigenvalue weighted by Crippen LogP contribution is 2.24. The second-order valence-electron chi connectivity index (χ2n) is 4.09. The number of halogens is 1. The van der Waals surface area contributed by atoms with Crippen molar-refractivity contribution in [2.24, 2.45) is 0 Å². The average molecular weight is 275 g/mol. The van der Waals surface area contributed by atoms with Crippen LogP contribution in [0.1, 0.15) is 17.8 Å². The lowest BCUT2D eigenvalue weighted by Crippen LogP contribution is -2.00. The van der Waals surface area contributed by atoms with Gasteiger partial charge in [-0.15, -0.1) is 11.8 Å². The summed E-state index contributed by atoms with van der Waals surface area (Å²) in [5.41, 5.74) is 0.145. The van der Waals surface area contributed by atoms with E-state index in [2.05, 4.69) is 9.55 Å². The minimum atomic E-state index is -0.446. The van der Waals surface area contributed by atoms with Crippen molar-refractivity contribution >= 4 is 11.8 Å². The molecule has 3 nitrogen and oxygen atoms in total. The Hall–Kier alpha value is -1.80. The molecule has 0 unspecified atom stereocenters. The van der Waals surface area contributed by atoms with Crippen LogP contribution in [-0.2, 0) is 6.54 Å². The zero-order chi connectivity index (χ0) is 13.7. The molecule has 0 N–H and O–H groups in total. The molecular formula is C14H14FN3S. The predicted octanol–water partition coefficient (Wildman–Crippen LogP) is 3.38. The van der Waals surface area contributed by atoms with E-state index >= 15 is 0 Å². The smallest absolute Gasteiger partial charge is 0.142 e. The lowest BCUT2D eigenvalue weighted by atomic mass is 10.2. The Labute approximate surface area is 116 Å². The Bertz CT molecular complexity index is 601. The monoisotopic (exact) mass is 275 g/mol. The molecular weight excluding hydrogens is 261 g/mol. The summed E-state index contributed by atoms with van der Waals surface area (Å²) in [5, 5.41) is 8.93. The topological polar surface area (TPSA) is 41.6 Å².